The molecule has 0 radical (unpaired) electrons. The van der Waals surface area contributed by atoms with E-state index >= 15 is 0 Å². The monoisotopic (exact) mass is 413 g/mol. The Labute approximate surface area is 171 Å². The van der Waals surface area contributed by atoms with E-state index in [1.54, 1.807) is 31.2 Å². The van der Waals surface area contributed by atoms with Crippen LogP contribution in [0.4, 0.5) is 17.1 Å². The molecule has 1 unspecified atom stereocenters. The van der Waals surface area contributed by atoms with Gasteiger partial charge in [-0.15, -0.1) is 0 Å². The minimum atomic E-state index is -0.855. The lowest BCUT2D eigenvalue weighted by atomic mass is 10.1. The number of carbonyl (C=O) groups is 3. The number of hydrogen-bond donors (Lipinski definition) is 1. The van der Waals surface area contributed by atoms with Crippen molar-refractivity contribution in [3.8, 4) is 5.75 Å². The first-order valence-corrected chi connectivity index (χ1v) is 9.09. The highest BCUT2D eigenvalue weighted by Crippen LogP contribution is 2.31. The molecule has 0 saturated heterocycles. The maximum absolute atomic E-state index is 12.7. The number of nitro benzene ring substituents is 1. The van der Waals surface area contributed by atoms with Gasteiger partial charge in [-0.3, -0.25) is 19.7 Å². The van der Waals surface area contributed by atoms with Gasteiger partial charge in [0.25, 0.3) is 5.91 Å². The molecule has 0 fully saturated rings. The Balaban J connectivity index is 1.62. The van der Waals surface area contributed by atoms with Crippen molar-refractivity contribution in [2.75, 3.05) is 23.4 Å². The Kier molecular flexibility index (Phi) is 6.26. The van der Waals surface area contributed by atoms with Crippen LogP contribution in [0.2, 0.25) is 0 Å². The van der Waals surface area contributed by atoms with E-state index in [1.807, 2.05) is 0 Å². The predicted molar refractivity (Wildman–Crippen MR) is 106 cm³/mol. The van der Waals surface area contributed by atoms with Gasteiger partial charge < -0.3 is 19.7 Å². The average molecular weight is 413 g/mol. The van der Waals surface area contributed by atoms with Gasteiger partial charge in [-0.05, 0) is 25.1 Å². The third-order valence-corrected chi connectivity index (χ3v) is 4.39. The van der Waals surface area contributed by atoms with E-state index < -0.39 is 36.1 Å². The van der Waals surface area contributed by atoms with Crippen molar-refractivity contribution < 1.29 is 28.8 Å². The van der Waals surface area contributed by atoms with E-state index in [0.717, 1.165) is 0 Å². The second-order valence-electron chi connectivity index (χ2n) is 6.56. The van der Waals surface area contributed by atoms with E-state index in [4.69, 9.17) is 9.47 Å². The topological polar surface area (TPSA) is 128 Å². The lowest BCUT2D eigenvalue weighted by molar-refractivity contribution is -0.385. The molecule has 30 heavy (non-hydrogen) atoms. The molecule has 3 rings (SSSR count). The fourth-order valence-electron chi connectivity index (χ4n) is 3.09. The summed E-state index contributed by atoms with van der Waals surface area (Å²) in [5.41, 5.74) is 0.716. The molecular formula is C20H19N3O7. The highest BCUT2D eigenvalue weighted by molar-refractivity contribution is 6.05. The van der Waals surface area contributed by atoms with Crippen LogP contribution in [0.3, 0.4) is 0 Å². The zero-order valence-electron chi connectivity index (χ0n) is 16.1. The van der Waals surface area contributed by atoms with Crippen LogP contribution in [-0.2, 0) is 19.1 Å². The molecule has 2 aromatic carbocycles. The van der Waals surface area contributed by atoms with Crippen molar-refractivity contribution in [1.29, 1.82) is 0 Å². The molecule has 2 amide bonds. The normalized spacial score (nSPS) is 15.4. The van der Waals surface area contributed by atoms with Crippen LogP contribution >= 0.6 is 0 Å². The maximum atomic E-state index is 12.7. The number of esters is 1. The number of fused-ring (bicyclic) bond motifs is 1. The molecule has 0 spiro atoms. The van der Waals surface area contributed by atoms with Gasteiger partial charge >= 0.3 is 11.7 Å². The average Bonchev–Trinajstić information content (AvgIpc) is 2.84. The van der Waals surface area contributed by atoms with Crippen molar-refractivity contribution in [3.63, 3.8) is 0 Å². The summed E-state index contributed by atoms with van der Waals surface area (Å²) >= 11 is 0. The number of rotatable bonds is 6. The SMILES string of the molecule is CC1CC(=O)Nc2ccccc2N1C(=O)COC(=O)COc1ccccc1[N+](=O)[O-]. The van der Waals surface area contributed by atoms with Crippen LogP contribution < -0.4 is 15.0 Å². The second-order valence-corrected chi connectivity index (χ2v) is 6.56. The number of carbonyl (C=O) groups excluding carboxylic acids is 3. The summed E-state index contributed by atoms with van der Waals surface area (Å²) in [6, 6.07) is 12.0. The van der Waals surface area contributed by atoms with Gasteiger partial charge in [0.2, 0.25) is 5.91 Å². The number of ether oxygens (including phenoxy) is 2. The number of nitrogens with zero attached hydrogens (tertiary/aromatic N) is 2. The van der Waals surface area contributed by atoms with Crippen LogP contribution in [-0.4, -0.2) is 42.0 Å². The molecule has 10 nitrogen and oxygen atoms in total. The van der Waals surface area contributed by atoms with Gasteiger partial charge in [-0.2, -0.15) is 0 Å². The van der Waals surface area contributed by atoms with Crippen molar-refractivity contribution in [2.24, 2.45) is 0 Å². The molecule has 1 aliphatic heterocycles. The van der Waals surface area contributed by atoms with E-state index in [0.29, 0.717) is 11.4 Å². The number of benzene rings is 2. The van der Waals surface area contributed by atoms with Crippen LogP contribution in [0, 0.1) is 10.1 Å². The lowest BCUT2D eigenvalue weighted by Crippen LogP contribution is -2.41. The minimum Gasteiger partial charge on any atom is -0.475 e. The van der Waals surface area contributed by atoms with Gasteiger partial charge in [0.05, 0.1) is 16.3 Å². The van der Waals surface area contributed by atoms with Crippen LogP contribution in [0.25, 0.3) is 0 Å². The fraction of sp³-hybridized carbons (Fsp3) is 0.250. The third kappa shape index (κ3) is 4.72. The number of nitrogens with one attached hydrogen (secondary N) is 1. The third-order valence-electron chi connectivity index (χ3n) is 4.39. The van der Waals surface area contributed by atoms with E-state index in [-0.39, 0.29) is 23.8 Å². The molecule has 10 heteroatoms. The number of amides is 2. The van der Waals surface area contributed by atoms with E-state index in [9.17, 15) is 24.5 Å². The number of nitro groups is 1. The first-order chi connectivity index (χ1) is 14.4. The first-order valence-electron chi connectivity index (χ1n) is 9.09. The van der Waals surface area contributed by atoms with Gasteiger partial charge in [-0.25, -0.2) is 4.79 Å². The van der Waals surface area contributed by atoms with E-state index in [1.165, 1.54) is 29.2 Å². The Bertz CT molecular complexity index is 992. The Hall–Kier alpha value is -3.95. The van der Waals surface area contributed by atoms with Gasteiger partial charge in [0, 0.05) is 18.5 Å². The van der Waals surface area contributed by atoms with Crippen LogP contribution in [0.15, 0.2) is 48.5 Å². The summed E-state index contributed by atoms with van der Waals surface area (Å²) in [4.78, 5) is 48.4. The molecule has 1 aliphatic rings. The van der Waals surface area contributed by atoms with Crippen molar-refractivity contribution in [3.05, 3.63) is 58.6 Å². The van der Waals surface area contributed by atoms with Crippen molar-refractivity contribution in [1.82, 2.24) is 0 Å². The lowest BCUT2D eigenvalue weighted by Gasteiger charge is -2.27. The molecule has 1 heterocycles. The first kappa shape index (κ1) is 20.8. The quantitative estimate of drug-likeness (QED) is 0.437. The zero-order chi connectivity index (χ0) is 21.7. The zero-order valence-corrected chi connectivity index (χ0v) is 16.1. The number of hydrogen-bond acceptors (Lipinski definition) is 7. The van der Waals surface area contributed by atoms with E-state index in [2.05, 4.69) is 5.32 Å². The molecule has 0 saturated carbocycles. The fourth-order valence-corrected chi connectivity index (χ4v) is 3.09. The number of anilines is 2. The molecule has 156 valence electrons. The largest absolute Gasteiger partial charge is 0.475 e. The Morgan fingerprint density at radius 1 is 1.17 bits per heavy atom. The van der Waals surface area contributed by atoms with Gasteiger partial charge in [-0.1, -0.05) is 24.3 Å². The minimum absolute atomic E-state index is 0.0783. The molecule has 1 atom stereocenters. The Morgan fingerprint density at radius 3 is 2.63 bits per heavy atom. The van der Waals surface area contributed by atoms with Gasteiger partial charge in [0.1, 0.15) is 0 Å². The summed E-state index contributed by atoms with van der Waals surface area (Å²) < 4.78 is 10.1. The van der Waals surface area contributed by atoms with Gasteiger partial charge in [0.15, 0.2) is 19.0 Å². The summed E-state index contributed by atoms with van der Waals surface area (Å²) in [6.45, 7) is 0.565. The number of para-hydroxylation sites is 4. The van der Waals surface area contributed by atoms with Crippen molar-refractivity contribution >= 4 is 34.8 Å². The second kappa shape index (κ2) is 9.03. The maximum Gasteiger partial charge on any atom is 0.344 e. The smallest absolute Gasteiger partial charge is 0.344 e. The molecule has 1 N–H and O–H groups in total. The van der Waals surface area contributed by atoms with Crippen LogP contribution in [0.5, 0.6) is 5.75 Å². The highest BCUT2D eigenvalue weighted by Gasteiger charge is 2.30. The molecule has 0 aromatic heterocycles. The molecule has 0 bridgehead atoms. The Morgan fingerprint density at radius 2 is 1.87 bits per heavy atom. The highest BCUT2D eigenvalue weighted by atomic mass is 16.6. The summed E-state index contributed by atoms with van der Waals surface area (Å²) in [7, 11) is 0. The molecular weight excluding hydrogens is 394 g/mol. The summed E-state index contributed by atoms with van der Waals surface area (Å²) in [5.74, 6) is -1.66. The predicted octanol–water partition coefficient (Wildman–Crippen LogP) is 2.28. The summed E-state index contributed by atoms with van der Waals surface area (Å²) in [5, 5.41) is 13.7. The van der Waals surface area contributed by atoms with Crippen LogP contribution in [0.1, 0.15) is 13.3 Å². The molecule has 0 aliphatic carbocycles. The standard InChI is InChI=1S/C20H19N3O7/c1-13-10-18(24)21-14-6-2-3-7-15(14)22(13)19(25)11-30-20(26)12-29-17-9-5-4-8-16(17)23(27)28/h2-9,13H,10-12H2,1H3,(H,21,24). The molecule has 2 aromatic rings. The van der Waals surface area contributed by atoms with Crippen molar-refractivity contribution in [2.45, 2.75) is 19.4 Å². The summed E-state index contributed by atoms with van der Waals surface area (Å²) in [6.07, 6.45) is 0.0924.